The quantitative estimate of drug-likeness (QED) is 0.356. The number of hydrogen-bond donors (Lipinski definition) is 1. The molecule has 1 aliphatic heterocycles. The summed E-state index contributed by atoms with van der Waals surface area (Å²) in [5, 5.41) is 2.73. The highest BCUT2D eigenvalue weighted by atomic mass is 32.2. The Balaban J connectivity index is 1.59. The number of benzene rings is 3. The first-order valence-electron chi connectivity index (χ1n) is 13.0. The third kappa shape index (κ3) is 5.94. The third-order valence-electron chi connectivity index (χ3n) is 6.82. The summed E-state index contributed by atoms with van der Waals surface area (Å²) in [6.07, 6.45) is 0. The zero-order valence-electron chi connectivity index (χ0n) is 23.8. The van der Waals surface area contributed by atoms with Crippen LogP contribution in [0.3, 0.4) is 0 Å². The summed E-state index contributed by atoms with van der Waals surface area (Å²) in [4.78, 5) is 13.1. The smallest absolute Gasteiger partial charge is 0.270 e. The lowest BCUT2D eigenvalue weighted by atomic mass is 9.87. The van der Waals surface area contributed by atoms with E-state index in [1.165, 1.54) is 24.1 Å². The molecule has 8 nitrogen and oxygen atoms in total. The highest BCUT2D eigenvalue weighted by molar-refractivity contribution is 7.97. The molecule has 4 rings (SSSR count). The summed E-state index contributed by atoms with van der Waals surface area (Å²) >= 11 is 0. The Bertz CT molecular complexity index is 1510. The Kier molecular flexibility index (Phi) is 8.44. The first kappa shape index (κ1) is 29.0. The number of carbonyl (C=O) groups is 1. The van der Waals surface area contributed by atoms with E-state index >= 15 is 0 Å². The van der Waals surface area contributed by atoms with Gasteiger partial charge in [-0.15, -0.1) is 0 Å². The standard InChI is InChI=1S/C31H36N2O6S/c1-21-25-18-27(37-5)28(38-6)19-26(25)33(20-22-10-8-7-9-11-22)40(35,36)29(21)30(34)32-16-17-39-24-14-12-23(13-15-24)31(2,3)4/h7-15,18-19H,16-17,20H2,1-6H3,(H,32,34). The molecule has 9 heteroatoms. The lowest BCUT2D eigenvalue weighted by Gasteiger charge is -2.33. The van der Waals surface area contributed by atoms with Crippen molar-refractivity contribution in [2.75, 3.05) is 31.7 Å². The van der Waals surface area contributed by atoms with Gasteiger partial charge in [-0.25, -0.2) is 8.42 Å². The van der Waals surface area contributed by atoms with Crippen LogP contribution >= 0.6 is 0 Å². The number of ether oxygens (including phenoxy) is 3. The van der Waals surface area contributed by atoms with Crippen molar-refractivity contribution in [1.29, 1.82) is 0 Å². The fourth-order valence-corrected chi connectivity index (χ4v) is 6.35. The second-order valence-corrected chi connectivity index (χ2v) is 12.4. The van der Waals surface area contributed by atoms with Crippen molar-refractivity contribution in [3.63, 3.8) is 0 Å². The molecule has 0 saturated carbocycles. The summed E-state index contributed by atoms with van der Waals surface area (Å²) in [5.41, 5.74) is 3.31. The molecule has 0 radical (unpaired) electrons. The summed E-state index contributed by atoms with van der Waals surface area (Å²) in [7, 11) is -1.21. The molecule has 1 aliphatic rings. The van der Waals surface area contributed by atoms with Crippen LogP contribution in [0.5, 0.6) is 17.2 Å². The van der Waals surface area contributed by atoms with Crippen LogP contribution in [0.1, 0.15) is 44.4 Å². The number of amides is 1. The predicted molar refractivity (Wildman–Crippen MR) is 157 cm³/mol. The summed E-state index contributed by atoms with van der Waals surface area (Å²) < 4.78 is 45.9. The van der Waals surface area contributed by atoms with Crippen LogP contribution in [0.4, 0.5) is 5.69 Å². The number of rotatable bonds is 9. The Morgan fingerprint density at radius 1 is 0.925 bits per heavy atom. The molecule has 0 aliphatic carbocycles. The maximum absolute atomic E-state index is 14.0. The van der Waals surface area contributed by atoms with Gasteiger partial charge in [-0.2, -0.15) is 0 Å². The van der Waals surface area contributed by atoms with Gasteiger partial charge in [0.2, 0.25) is 0 Å². The lowest BCUT2D eigenvalue weighted by molar-refractivity contribution is -0.116. The molecule has 1 amide bonds. The minimum absolute atomic E-state index is 0.0335. The van der Waals surface area contributed by atoms with E-state index in [1.807, 2.05) is 54.6 Å². The van der Waals surface area contributed by atoms with E-state index < -0.39 is 15.9 Å². The number of allylic oxidation sites excluding steroid dienone is 1. The van der Waals surface area contributed by atoms with Crippen molar-refractivity contribution in [1.82, 2.24) is 5.32 Å². The molecule has 0 saturated heterocycles. The normalized spacial score (nSPS) is 14.4. The van der Waals surface area contributed by atoms with E-state index in [-0.39, 0.29) is 30.0 Å². The van der Waals surface area contributed by atoms with Crippen LogP contribution in [0.15, 0.2) is 71.6 Å². The fourth-order valence-electron chi connectivity index (χ4n) is 4.60. The van der Waals surface area contributed by atoms with Crippen LogP contribution < -0.4 is 23.8 Å². The van der Waals surface area contributed by atoms with Gasteiger partial charge < -0.3 is 19.5 Å². The highest BCUT2D eigenvalue weighted by Gasteiger charge is 2.40. The van der Waals surface area contributed by atoms with E-state index in [9.17, 15) is 13.2 Å². The van der Waals surface area contributed by atoms with Gasteiger partial charge in [0, 0.05) is 11.6 Å². The van der Waals surface area contributed by atoms with Crippen LogP contribution in [-0.4, -0.2) is 41.7 Å². The summed E-state index contributed by atoms with van der Waals surface area (Å²) in [5.74, 6) is 0.808. The zero-order valence-corrected chi connectivity index (χ0v) is 24.6. The van der Waals surface area contributed by atoms with Gasteiger partial charge in [0.25, 0.3) is 15.9 Å². The highest BCUT2D eigenvalue weighted by Crippen LogP contribution is 2.45. The molecule has 0 aromatic heterocycles. The molecule has 40 heavy (non-hydrogen) atoms. The second kappa shape index (κ2) is 11.6. The molecule has 0 fully saturated rings. The zero-order chi connectivity index (χ0) is 29.1. The lowest BCUT2D eigenvalue weighted by Crippen LogP contribution is -2.41. The minimum atomic E-state index is -4.21. The Hall–Kier alpha value is -3.98. The van der Waals surface area contributed by atoms with Crippen molar-refractivity contribution in [2.45, 2.75) is 39.7 Å². The second-order valence-electron chi connectivity index (χ2n) is 10.6. The average Bonchev–Trinajstić information content (AvgIpc) is 2.93. The van der Waals surface area contributed by atoms with Crippen molar-refractivity contribution in [3.8, 4) is 17.2 Å². The topological polar surface area (TPSA) is 94.2 Å². The molecule has 212 valence electrons. The van der Waals surface area contributed by atoms with Gasteiger partial charge in [0.15, 0.2) is 16.4 Å². The largest absolute Gasteiger partial charge is 0.493 e. The molecule has 0 spiro atoms. The first-order chi connectivity index (χ1) is 19.0. The van der Waals surface area contributed by atoms with E-state index in [0.29, 0.717) is 34.1 Å². The summed E-state index contributed by atoms with van der Waals surface area (Å²) in [6.45, 7) is 8.40. The number of nitrogens with zero attached hydrogens (tertiary/aromatic N) is 1. The fraction of sp³-hybridized carbons (Fsp3) is 0.323. The molecule has 0 atom stereocenters. The van der Waals surface area contributed by atoms with Crippen molar-refractivity contribution < 1.29 is 27.4 Å². The molecule has 3 aromatic carbocycles. The summed E-state index contributed by atoms with van der Waals surface area (Å²) in [6, 6.07) is 20.4. The predicted octanol–water partition coefficient (Wildman–Crippen LogP) is 5.28. The Morgan fingerprint density at radius 3 is 2.15 bits per heavy atom. The molecule has 1 N–H and O–H groups in total. The van der Waals surface area contributed by atoms with Gasteiger partial charge in [0.05, 0.1) is 33.0 Å². The van der Waals surface area contributed by atoms with Gasteiger partial charge in [-0.05, 0) is 47.2 Å². The third-order valence-corrected chi connectivity index (χ3v) is 8.73. The molecular weight excluding hydrogens is 528 g/mol. The SMILES string of the molecule is COc1cc2c(cc1OC)N(Cc1ccccc1)S(=O)(=O)C(C(=O)NCCOc1ccc(C(C)(C)C)cc1)=C2C. The van der Waals surface area contributed by atoms with Crippen molar-refractivity contribution in [2.24, 2.45) is 0 Å². The number of hydrogen-bond acceptors (Lipinski definition) is 6. The molecule has 0 unspecified atom stereocenters. The van der Waals surface area contributed by atoms with Crippen LogP contribution in [0.2, 0.25) is 0 Å². The van der Waals surface area contributed by atoms with E-state index in [1.54, 1.807) is 19.1 Å². The van der Waals surface area contributed by atoms with Crippen molar-refractivity contribution >= 4 is 27.2 Å². The maximum atomic E-state index is 14.0. The van der Waals surface area contributed by atoms with Crippen LogP contribution in [-0.2, 0) is 26.8 Å². The average molecular weight is 565 g/mol. The Labute approximate surface area is 236 Å². The monoisotopic (exact) mass is 564 g/mol. The number of carbonyl (C=O) groups excluding carboxylic acids is 1. The van der Waals surface area contributed by atoms with Gasteiger partial charge >= 0.3 is 0 Å². The van der Waals surface area contributed by atoms with E-state index in [0.717, 1.165) is 5.56 Å². The molecule has 1 heterocycles. The van der Waals surface area contributed by atoms with E-state index in [2.05, 4.69) is 26.1 Å². The maximum Gasteiger partial charge on any atom is 0.270 e. The number of methoxy groups -OCH3 is 2. The van der Waals surface area contributed by atoms with E-state index in [4.69, 9.17) is 14.2 Å². The van der Waals surface area contributed by atoms with Gasteiger partial charge in [0.1, 0.15) is 12.4 Å². The first-order valence-corrected chi connectivity index (χ1v) is 14.5. The number of sulfonamides is 1. The minimum Gasteiger partial charge on any atom is -0.493 e. The molecule has 3 aromatic rings. The van der Waals surface area contributed by atoms with Crippen LogP contribution in [0.25, 0.3) is 5.57 Å². The van der Waals surface area contributed by atoms with Crippen molar-refractivity contribution in [3.05, 3.63) is 88.3 Å². The number of fused-ring (bicyclic) bond motifs is 1. The van der Waals surface area contributed by atoms with Crippen LogP contribution in [0, 0.1) is 0 Å². The number of anilines is 1. The van der Waals surface area contributed by atoms with Gasteiger partial charge in [-0.1, -0.05) is 63.2 Å². The Morgan fingerprint density at radius 2 is 1.55 bits per heavy atom. The van der Waals surface area contributed by atoms with Gasteiger partial charge in [-0.3, -0.25) is 9.10 Å². The number of nitrogens with one attached hydrogen (secondary N) is 1. The molecule has 0 bridgehead atoms. The molecular formula is C31H36N2O6S.